The molecule has 1 heterocycles. The summed E-state index contributed by atoms with van der Waals surface area (Å²) in [4.78, 5) is 13.3. The van der Waals surface area contributed by atoms with Gasteiger partial charge in [0.25, 0.3) is 5.91 Å². The first-order valence-corrected chi connectivity index (χ1v) is 4.59. The summed E-state index contributed by atoms with van der Waals surface area (Å²) < 4.78 is 0. The highest BCUT2D eigenvalue weighted by Crippen LogP contribution is 2.17. The quantitative estimate of drug-likeness (QED) is 0.666. The lowest BCUT2D eigenvalue weighted by molar-refractivity contribution is -0.148. The number of aliphatic hydroxyl groups is 1. The normalized spacial score (nSPS) is 22.4. The lowest BCUT2D eigenvalue weighted by atomic mass is 10.0. The molecule has 0 bridgehead atoms. The monoisotopic (exact) mass is 171 g/mol. The molecule has 1 fully saturated rings. The van der Waals surface area contributed by atoms with Crippen molar-refractivity contribution in [3.63, 3.8) is 0 Å². The number of carbonyl (C=O) groups is 1. The second-order valence-corrected chi connectivity index (χ2v) is 3.63. The highest BCUT2D eigenvalue weighted by molar-refractivity contribution is 5.84. The van der Waals surface area contributed by atoms with Crippen LogP contribution in [0, 0.1) is 0 Å². The molecule has 3 nitrogen and oxygen atoms in total. The van der Waals surface area contributed by atoms with E-state index in [1.54, 1.807) is 11.8 Å². The number of likely N-dealkylation sites (tertiary alicyclic amines) is 1. The Bertz CT molecular complexity index is 171. The van der Waals surface area contributed by atoms with E-state index in [0.717, 1.165) is 25.9 Å². The van der Waals surface area contributed by atoms with Gasteiger partial charge in [0.1, 0.15) is 5.60 Å². The standard InChI is InChI=1S/C9H17NO2/c1-3-9(2,12)8(11)10-6-4-5-7-10/h12H,3-7H2,1-2H3/t9-/m0/s1. The van der Waals surface area contributed by atoms with E-state index in [4.69, 9.17) is 0 Å². The van der Waals surface area contributed by atoms with Gasteiger partial charge < -0.3 is 10.0 Å². The Kier molecular flexibility index (Phi) is 2.73. The molecule has 1 amide bonds. The second kappa shape index (κ2) is 3.44. The van der Waals surface area contributed by atoms with E-state index in [9.17, 15) is 9.90 Å². The van der Waals surface area contributed by atoms with Gasteiger partial charge in [0.2, 0.25) is 0 Å². The van der Waals surface area contributed by atoms with Gasteiger partial charge in [0, 0.05) is 13.1 Å². The van der Waals surface area contributed by atoms with Gasteiger partial charge in [0.15, 0.2) is 0 Å². The van der Waals surface area contributed by atoms with Crippen molar-refractivity contribution in [2.75, 3.05) is 13.1 Å². The van der Waals surface area contributed by atoms with Gasteiger partial charge in [-0.05, 0) is 26.2 Å². The van der Waals surface area contributed by atoms with Gasteiger partial charge in [-0.1, -0.05) is 6.92 Å². The maximum Gasteiger partial charge on any atom is 0.254 e. The van der Waals surface area contributed by atoms with E-state index >= 15 is 0 Å². The zero-order chi connectivity index (χ0) is 9.19. The van der Waals surface area contributed by atoms with Crippen LogP contribution in [0.15, 0.2) is 0 Å². The smallest absolute Gasteiger partial charge is 0.254 e. The van der Waals surface area contributed by atoms with Crippen LogP contribution in [0.4, 0.5) is 0 Å². The Morgan fingerprint density at radius 1 is 1.50 bits per heavy atom. The third-order valence-corrected chi connectivity index (χ3v) is 2.54. The van der Waals surface area contributed by atoms with Crippen molar-refractivity contribution in [3.8, 4) is 0 Å². The lowest BCUT2D eigenvalue weighted by Crippen LogP contribution is -2.45. The molecule has 1 atom stereocenters. The highest BCUT2D eigenvalue weighted by atomic mass is 16.3. The zero-order valence-corrected chi connectivity index (χ0v) is 7.84. The van der Waals surface area contributed by atoms with Crippen LogP contribution in [0.25, 0.3) is 0 Å². The SMILES string of the molecule is CC[C@](C)(O)C(=O)N1CCCC1. The van der Waals surface area contributed by atoms with Gasteiger partial charge >= 0.3 is 0 Å². The highest BCUT2D eigenvalue weighted by Gasteiger charge is 2.33. The van der Waals surface area contributed by atoms with Crippen LogP contribution in [0.1, 0.15) is 33.1 Å². The van der Waals surface area contributed by atoms with Crippen LogP contribution < -0.4 is 0 Å². The summed E-state index contributed by atoms with van der Waals surface area (Å²) in [5, 5.41) is 9.66. The Morgan fingerprint density at radius 3 is 2.42 bits per heavy atom. The molecule has 70 valence electrons. The molecule has 1 rings (SSSR count). The molecule has 1 N–H and O–H groups in total. The van der Waals surface area contributed by atoms with Gasteiger partial charge in [-0.2, -0.15) is 0 Å². The van der Waals surface area contributed by atoms with E-state index < -0.39 is 5.60 Å². The van der Waals surface area contributed by atoms with E-state index in [1.165, 1.54) is 0 Å². The van der Waals surface area contributed by atoms with Gasteiger partial charge in [-0.25, -0.2) is 0 Å². The van der Waals surface area contributed by atoms with Crippen molar-refractivity contribution >= 4 is 5.91 Å². The number of hydrogen-bond acceptors (Lipinski definition) is 2. The van der Waals surface area contributed by atoms with Crippen molar-refractivity contribution in [2.24, 2.45) is 0 Å². The van der Waals surface area contributed by atoms with Crippen LogP contribution in [0.3, 0.4) is 0 Å². The molecule has 0 saturated carbocycles. The van der Waals surface area contributed by atoms with Crippen molar-refractivity contribution in [2.45, 2.75) is 38.7 Å². The van der Waals surface area contributed by atoms with Gasteiger partial charge in [-0.3, -0.25) is 4.79 Å². The van der Waals surface area contributed by atoms with E-state index in [1.807, 2.05) is 6.92 Å². The fourth-order valence-corrected chi connectivity index (χ4v) is 1.41. The molecule has 1 aliphatic heterocycles. The third-order valence-electron chi connectivity index (χ3n) is 2.54. The number of rotatable bonds is 2. The largest absolute Gasteiger partial charge is 0.380 e. The van der Waals surface area contributed by atoms with E-state index in [-0.39, 0.29) is 5.91 Å². The van der Waals surface area contributed by atoms with Gasteiger partial charge in [-0.15, -0.1) is 0 Å². The summed E-state index contributed by atoms with van der Waals surface area (Å²) in [5.74, 6) is -0.109. The number of hydrogen-bond donors (Lipinski definition) is 1. The molecule has 0 aromatic rings. The Hall–Kier alpha value is -0.570. The number of amides is 1. The molecule has 0 aromatic carbocycles. The van der Waals surface area contributed by atoms with Crippen molar-refractivity contribution in [1.82, 2.24) is 4.90 Å². The van der Waals surface area contributed by atoms with Crippen molar-refractivity contribution < 1.29 is 9.90 Å². The molecule has 3 heteroatoms. The van der Waals surface area contributed by atoms with Gasteiger partial charge in [0.05, 0.1) is 0 Å². The zero-order valence-electron chi connectivity index (χ0n) is 7.84. The molecule has 1 aliphatic rings. The minimum absolute atomic E-state index is 0.109. The molecular weight excluding hydrogens is 154 g/mol. The second-order valence-electron chi connectivity index (χ2n) is 3.63. The Labute approximate surface area is 73.4 Å². The first kappa shape index (κ1) is 9.52. The van der Waals surface area contributed by atoms with Crippen LogP contribution >= 0.6 is 0 Å². The Morgan fingerprint density at radius 2 is 2.00 bits per heavy atom. The summed E-state index contributed by atoms with van der Waals surface area (Å²) in [5.41, 5.74) is -1.15. The number of carbonyl (C=O) groups excluding carboxylic acids is 1. The summed E-state index contributed by atoms with van der Waals surface area (Å²) in [6.07, 6.45) is 2.64. The maximum atomic E-state index is 11.6. The molecule has 0 spiro atoms. The summed E-state index contributed by atoms with van der Waals surface area (Å²) in [7, 11) is 0. The first-order chi connectivity index (χ1) is 5.58. The summed E-state index contributed by atoms with van der Waals surface area (Å²) >= 11 is 0. The van der Waals surface area contributed by atoms with Crippen LogP contribution in [0.2, 0.25) is 0 Å². The van der Waals surface area contributed by atoms with Crippen LogP contribution in [-0.2, 0) is 4.79 Å². The fourth-order valence-electron chi connectivity index (χ4n) is 1.41. The fraction of sp³-hybridized carbons (Fsp3) is 0.889. The molecule has 0 aliphatic carbocycles. The van der Waals surface area contributed by atoms with Crippen molar-refractivity contribution in [1.29, 1.82) is 0 Å². The molecule has 0 radical (unpaired) electrons. The van der Waals surface area contributed by atoms with Crippen molar-refractivity contribution in [3.05, 3.63) is 0 Å². The van der Waals surface area contributed by atoms with E-state index in [0.29, 0.717) is 6.42 Å². The lowest BCUT2D eigenvalue weighted by Gasteiger charge is -2.26. The molecule has 0 unspecified atom stereocenters. The minimum atomic E-state index is -1.15. The molecule has 0 aromatic heterocycles. The summed E-state index contributed by atoms with van der Waals surface area (Å²) in [6.45, 7) is 5.05. The maximum absolute atomic E-state index is 11.6. The first-order valence-electron chi connectivity index (χ1n) is 4.59. The third kappa shape index (κ3) is 1.78. The molecule has 1 saturated heterocycles. The average Bonchev–Trinajstić information content (AvgIpc) is 2.55. The predicted octanol–water partition coefficient (Wildman–Crippen LogP) is 0.770. The molecule has 12 heavy (non-hydrogen) atoms. The van der Waals surface area contributed by atoms with Crippen LogP contribution in [-0.4, -0.2) is 34.6 Å². The minimum Gasteiger partial charge on any atom is -0.380 e. The van der Waals surface area contributed by atoms with Crippen LogP contribution in [0.5, 0.6) is 0 Å². The predicted molar refractivity (Wildman–Crippen MR) is 46.7 cm³/mol. The average molecular weight is 171 g/mol. The number of nitrogens with zero attached hydrogens (tertiary/aromatic N) is 1. The molecular formula is C9H17NO2. The van der Waals surface area contributed by atoms with E-state index in [2.05, 4.69) is 0 Å². The summed E-state index contributed by atoms with van der Waals surface area (Å²) in [6, 6.07) is 0. The topological polar surface area (TPSA) is 40.5 Å². The Balaban J connectivity index is 2.56.